The van der Waals surface area contributed by atoms with Crippen molar-refractivity contribution in [2.24, 2.45) is 5.92 Å². The minimum atomic E-state index is 0.152. The molecular formula is C20H30N2O3. The van der Waals surface area contributed by atoms with Gasteiger partial charge in [0.1, 0.15) is 12.4 Å². The second-order valence-electron chi connectivity index (χ2n) is 7.30. The summed E-state index contributed by atoms with van der Waals surface area (Å²) in [7, 11) is 3.85. The average Bonchev–Trinajstić information content (AvgIpc) is 3.16. The highest BCUT2D eigenvalue weighted by Gasteiger charge is 2.30. The first-order chi connectivity index (χ1) is 12.2. The lowest BCUT2D eigenvalue weighted by Crippen LogP contribution is -2.44. The van der Waals surface area contributed by atoms with E-state index in [0.717, 1.165) is 57.6 Å². The van der Waals surface area contributed by atoms with Crippen molar-refractivity contribution in [3.05, 3.63) is 29.8 Å². The molecule has 1 aromatic carbocycles. The van der Waals surface area contributed by atoms with E-state index in [2.05, 4.69) is 24.1 Å². The standard InChI is InChI=1S/C20H30N2O3/c1-21-12-9-19(25-15-20(23)22-10-3-4-11-22)17(14-21)13-16-5-7-18(24-2)8-6-16/h5-8,17,19H,3-4,9-15H2,1-2H3/t17-,19-/m1/s1. The van der Waals surface area contributed by atoms with Crippen LogP contribution in [-0.4, -0.2) is 68.8 Å². The van der Waals surface area contributed by atoms with Crippen molar-refractivity contribution in [3.63, 3.8) is 0 Å². The van der Waals surface area contributed by atoms with Crippen LogP contribution in [-0.2, 0) is 16.0 Å². The van der Waals surface area contributed by atoms with Crippen molar-refractivity contribution >= 4 is 5.91 Å². The van der Waals surface area contributed by atoms with E-state index < -0.39 is 0 Å². The second-order valence-corrected chi connectivity index (χ2v) is 7.30. The number of carbonyl (C=O) groups is 1. The van der Waals surface area contributed by atoms with Crippen LogP contribution >= 0.6 is 0 Å². The van der Waals surface area contributed by atoms with E-state index in [-0.39, 0.29) is 18.6 Å². The van der Waals surface area contributed by atoms with Crippen LogP contribution < -0.4 is 4.74 Å². The Hall–Kier alpha value is -1.59. The molecule has 0 bridgehead atoms. The van der Waals surface area contributed by atoms with E-state index in [0.29, 0.717) is 5.92 Å². The number of methoxy groups -OCH3 is 1. The number of ether oxygens (including phenoxy) is 2. The Morgan fingerprint density at radius 2 is 1.88 bits per heavy atom. The van der Waals surface area contributed by atoms with Gasteiger partial charge in [0.25, 0.3) is 0 Å². The average molecular weight is 346 g/mol. The van der Waals surface area contributed by atoms with Crippen LogP contribution in [0.3, 0.4) is 0 Å². The van der Waals surface area contributed by atoms with E-state index in [9.17, 15) is 4.79 Å². The van der Waals surface area contributed by atoms with Gasteiger partial charge in [-0.15, -0.1) is 0 Å². The van der Waals surface area contributed by atoms with Crippen molar-refractivity contribution in [3.8, 4) is 5.75 Å². The zero-order valence-corrected chi connectivity index (χ0v) is 15.4. The van der Waals surface area contributed by atoms with Crippen LogP contribution in [0.4, 0.5) is 0 Å². The molecular weight excluding hydrogens is 316 g/mol. The molecule has 0 saturated carbocycles. The lowest BCUT2D eigenvalue weighted by atomic mass is 9.88. The minimum Gasteiger partial charge on any atom is -0.497 e. The molecule has 0 spiro atoms. The number of hydrogen-bond donors (Lipinski definition) is 0. The van der Waals surface area contributed by atoms with Gasteiger partial charge in [0, 0.05) is 32.1 Å². The lowest BCUT2D eigenvalue weighted by molar-refractivity contribution is -0.139. The molecule has 0 radical (unpaired) electrons. The van der Waals surface area contributed by atoms with Gasteiger partial charge in [0.05, 0.1) is 13.2 Å². The van der Waals surface area contributed by atoms with Gasteiger partial charge in [0.15, 0.2) is 0 Å². The van der Waals surface area contributed by atoms with E-state index in [4.69, 9.17) is 9.47 Å². The van der Waals surface area contributed by atoms with Crippen molar-refractivity contribution in [1.82, 2.24) is 9.80 Å². The fourth-order valence-corrected chi connectivity index (χ4v) is 3.91. The fraction of sp³-hybridized carbons (Fsp3) is 0.650. The highest BCUT2D eigenvalue weighted by molar-refractivity contribution is 5.77. The van der Waals surface area contributed by atoms with E-state index >= 15 is 0 Å². The Bertz CT molecular complexity index is 555. The lowest BCUT2D eigenvalue weighted by Gasteiger charge is -2.37. The number of likely N-dealkylation sites (tertiary alicyclic amines) is 2. The number of carbonyl (C=O) groups excluding carboxylic acids is 1. The van der Waals surface area contributed by atoms with Crippen LogP contribution in [0, 0.1) is 5.92 Å². The predicted octanol–water partition coefficient (Wildman–Crippen LogP) is 2.20. The molecule has 2 saturated heterocycles. The summed E-state index contributed by atoms with van der Waals surface area (Å²) in [6.45, 7) is 4.06. The molecule has 2 fully saturated rings. The van der Waals surface area contributed by atoms with Crippen LogP contribution in [0.5, 0.6) is 5.75 Å². The fourth-order valence-electron chi connectivity index (χ4n) is 3.91. The van der Waals surface area contributed by atoms with Crippen LogP contribution in [0.2, 0.25) is 0 Å². The number of rotatable bonds is 6. The Balaban J connectivity index is 1.56. The second kappa shape index (κ2) is 8.68. The SMILES string of the molecule is COc1ccc(C[C@@H]2CN(C)CC[C@H]2OCC(=O)N2CCCC2)cc1. The van der Waals surface area contributed by atoms with Crippen molar-refractivity contribution in [2.45, 2.75) is 31.8 Å². The molecule has 138 valence electrons. The maximum absolute atomic E-state index is 12.3. The van der Waals surface area contributed by atoms with Crippen LogP contribution in [0.25, 0.3) is 0 Å². The third kappa shape index (κ3) is 4.95. The Kier molecular flexibility index (Phi) is 6.32. The summed E-state index contributed by atoms with van der Waals surface area (Å²) >= 11 is 0. The van der Waals surface area contributed by atoms with Gasteiger partial charge in [-0.05, 0) is 50.4 Å². The Labute approximate surface area is 150 Å². The first-order valence-electron chi connectivity index (χ1n) is 9.36. The molecule has 1 amide bonds. The molecule has 2 aliphatic heterocycles. The summed E-state index contributed by atoms with van der Waals surface area (Å²) in [6, 6.07) is 8.27. The van der Waals surface area contributed by atoms with E-state index in [1.165, 1.54) is 5.56 Å². The molecule has 2 heterocycles. The van der Waals surface area contributed by atoms with Crippen LogP contribution in [0.1, 0.15) is 24.8 Å². The zero-order chi connectivity index (χ0) is 17.6. The highest BCUT2D eigenvalue weighted by atomic mass is 16.5. The summed E-state index contributed by atoms with van der Waals surface area (Å²) in [5.41, 5.74) is 1.29. The van der Waals surface area contributed by atoms with E-state index in [1.807, 2.05) is 17.0 Å². The van der Waals surface area contributed by atoms with Gasteiger partial charge >= 0.3 is 0 Å². The van der Waals surface area contributed by atoms with E-state index in [1.54, 1.807) is 7.11 Å². The summed E-state index contributed by atoms with van der Waals surface area (Å²) < 4.78 is 11.3. The van der Waals surface area contributed by atoms with Crippen molar-refractivity contribution < 1.29 is 14.3 Å². The van der Waals surface area contributed by atoms with Crippen molar-refractivity contribution in [2.75, 3.05) is 46.9 Å². The third-order valence-corrected chi connectivity index (χ3v) is 5.40. The topological polar surface area (TPSA) is 42.0 Å². The highest BCUT2D eigenvalue weighted by Crippen LogP contribution is 2.24. The van der Waals surface area contributed by atoms with Crippen LogP contribution in [0.15, 0.2) is 24.3 Å². The molecule has 0 N–H and O–H groups in total. The molecule has 5 heteroatoms. The van der Waals surface area contributed by atoms with Gasteiger partial charge in [-0.2, -0.15) is 0 Å². The summed E-state index contributed by atoms with van der Waals surface area (Å²) in [6.07, 6.45) is 4.37. The molecule has 2 atom stereocenters. The normalized spacial score (nSPS) is 24.5. The molecule has 2 aliphatic rings. The third-order valence-electron chi connectivity index (χ3n) is 5.40. The maximum atomic E-state index is 12.3. The Morgan fingerprint density at radius 1 is 1.16 bits per heavy atom. The molecule has 25 heavy (non-hydrogen) atoms. The van der Waals surface area contributed by atoms with Crippen molar-refractivity contribution in [1.29, 1.82) is 0 Å². The van der Waals surface area contributed by atoms with Gasteiger partial charge < -0.3 is 19.3 Å². The van der Waals surface area contributed by atoms with Gasteiger partial charge in [-0.3, -0.25) is 4.79 Å². The van der Waals surface area contributed by atoms with Gasteiger partial charge in [0.2, 0.25) is 5.91 Å². The van der Waals surface area contributed by atoms with Gasteiger partial charge in [-0.25, -0.2) is 0 Å². The first-order valence-corrected chi connectivity index (χ1v) is 9.36. The largest absolute Gasteiger partial charge is 0.497 e. The predicted molar refractivity (Wildman–Crippen MR) is 97.9 cm³/mol. The summed E-state index contributed by atoms with van der Waals surface area (Å²) in [4.78, 5) is 16.6. The smallest absolute Gasteiger partial charge is 0.248 e. The monoisotopic (exact) mass is 346 g/mol. The maximum Gasteiger partial charge on any atom is 0.248 e. The van der Waals surface area contributed by atoms with Gasteiger partial charge in [-0.1, -0.05) is 12.1 Å². The Morgan fingerprint density at radius 3 is 2.56 bits per heavy atom. The molecule has 0 aliphatic carbocycles. The zero-order valence-electron chi connectivity index (χ0n) is 15.4. The number of nitrogens with zero attached hydrogens (tertiary/aromatic N) is 2. The number of piperidine rings is 1. The molecule has 1 aromatic rings. The molecule has 0 unspecified atom stereocenters. The summed E-state index contributed by atoms with van der Waals surface area (Å²) in [5.74, 6) is 1.45. The number of benzene rings is 1. The molecule has 3 rings (SSSR count). The minimum absolute atomic E-state index is 0.152. The first kappa shape index (κ1) is 18.2. The molecule has 5 nitrogen and oxygen atoms in total. The number of hydrogen-bond acceptors (Lipinski definition) is 4. The summed E-state index contributed by atoms with van der Waals surface area (Å²) in [5, 5.41) is 0. The molecule has 0 aromatic heterocycles. The number of amides is 1. The quantitative estimate of drug-likeness (QED) is 0.792.